The monoisotopic (exact) mass is 253 g/mol. The van der Waals surface area contributed by atoms with Crippen LogP contribution >= 0.6 is 0 Å². The molecule has 1 aliphatic heterocycles. The Bertz CT molecular complexity index is 241. The lowest BCUT2D eigenvalue weighted by Crippen LogP contribution is -2.55. The molecule has 2 rings (SSSR count). The Hall–Kier alpha value is -0.0800. The molecule has 2 nitrogen and oxygen atoms in total. The van der Waals surface area contributed by atoms with Gasteiger partial charge in [-0.25, -0.2) is 0 Å². The van der Waals surface area contributed by atoms with Crippen molar-refractivity contribution in [3.8, 4) is 0 Å². The third-order valence-corrected chi connectivity index (χ3v) is 5.16. The van der Waals surface area contributed by atoms with E-state index in [-0.39, 0.29) is 6.10 Å². The van der Waals surface area contributed by atoms with Crippen LogP contribution < -0.4 is 0 Å². The van der Waals surface area contributed by atoms with Crippen molar-refractivity contribution >= 4 is 0 Å². The highest BCUT2D eigenvalue weighted by molar-refractivity contribution is 4.92. The average molecular weight is 253 g/mol. The molecule has 0 aromatic heterocycles. The molecule has 1 saturated carbocycles. The molecule has 2 unspecified atom stereocenters. The lowest BCUT2D eigenvalue weighted by Gasteiger charge is -2.48. The van der Waals surface area contributed by atoms with Crippen LogP contribution in [-0.2, 0) is 0 Å². The van der Waals surface area contributed by atoms with Crippen LogP contribution in [0, 0.1) is 5.92 Å². The third kappa shape index (κ3) is 3.08. The summed E-state index contributed by atoms with van der Waals surface area (Å²) in [4.78, 5) is 2.69. The Morgan fingerprint density at radius 1 is 1.11 bits per heavy atom. The van der Waals surface area contributed by atoms with E-state index in [9.17, 15) is 5.11 Å². The number of aliphatic hydroxyl groups excluding tert-OH is 1. The lowest BCUT2D eigenvalue weighted by atomic mass is 9.77. The number of hydrogen-bond donors (Lipinski definition) is 1. The molecule has 0 amide bonds. The number of likely N-dealkylation sites (tertiary alicyclic amines) is 1. The summed E-state index contributed by atoms with van der Waals surface area (Å²) in [5.41, 5.74) is 0. The number of fused-ring (bicyclic) bond motifs is 1. The molecule has 1 saturated heterocycles. The second-order valence-corrected chi connectivity index (χ2v) is 6.32. The zero-order valence-corrected chi connectivity index (χ0v) is 12.3. The van der Waals surface area contributed by atoms with Crippen molar-refractivity contribution in [1.82, 2.24) is 4.90 Å². The maximum atomic E-state index is 10.4. The van der Waals surface area contributed by atoms with Gasteiger partial charge in [0.25, 0.3) is 0 Å². The summed E-state index contributed by atoms with van der Waals surface area (Å²) in [6.45, 7) is 5.64. The van der Waals surface area contributed by atoms with Gasteiger partial charge in [-0.3, -0.25) is 4.90 Å². The van der Waals surface area contributed by atoms with Gasteiger partial charge in [0.05, 0.1) is 6.10 Å². The van der Waals surface area contributed by atoms with Crippen LogP contribution in [0.15, 0.2) is 0 Å². The van der Waals surface area contributed by atoms with Crippen molar-refractivity contribution < 1.29 is 5.11 Å². The summed E-state index contributed by atoms with van der Waals surface area (Å²) in [7, 11) is 0. The fourth-order valence-electron chi connectivity index (χ4n) is 4.29. The normalized spacial score (nSPS) is 32.8. The standard InChI is InChI=1S/C16H31NO/c1-3-8-16(18)14(4-2)17-12-7-10-13-9-5-6-11-15(13)17/h13-16,18H,3-12H2,1-2H3/t13-,14?,15-,16?/m1/s1. The van der Waals surface area contributed by atoms with Crippen LogP contribution in [0.5, 0.6) is 0 Å². The summed E-state index contributed by atoms with van der Waals surface area (Å²) < 4.78 is 0. The van der Waals surface area contributed by atoms with E-state index in [1.54, 1.807) is 0 Å². The molecule has 2 aliphatic rings. The molecule has 4 atom stereocenters. The van der Waals surface area contributed by atoms with Crippen LogP contribution in [0.2, 0.25) is 0 Å². The van der Waals surface area contributed by atoms with Gasteiger partial charge in [-0.05, 0) is 51.0 Å². The first-order valence-corrected chi connectivity index (χ1v) is 8.21. The SMILES string of the molecule is CCCC(O)C(CC)N1CCC[C@H]2CCCC[C@H]21. The van der Waals surface area contributed by atoms with E-state index in [1.807, 2.05) is 0 Å². The van der Waals surface area contributed by atoms with Crippen LogP contribution in [0.1, 0.15) is 71.6 Å². The Balaban J connectivity index is 2.03. The summed E-state index contributed by atoms with van der Waals surface area (Å²) in [5.74, 6) is 0.926. The Kier molecular flexibility index (Phi) is 5.50. The largest absolute Gasteiger partial charge is 0.391 e. The fraction of sp³-hybridized carbons (Fsp3) is 1.00. The molecule has 0 aromatic rings. The van der Waals surface area contributed by atoms with E-state index in [0.29, 0.717) is 6.04 Å². The lowest BCUT2D eigenvalue weighted by molar-refractivity contribution is -0.0310. The molecular weight excluding hydrogens is 222 g/mol. The van der Waals surface area contributed by atoms with Gasteiger partial charge in [-0.2, -0.15) is 0 Å². The number of aliphatic hydroxyl groups is 1. The fourth-order valence-corrected chi connectivity index (χ4v) is 4.29. The molecule has 2 fully saturated rings. The van der Waals surface area contributed by atoms with Gasteiger partial charge in [0.2, 0.25) is 0 Å². The van der Waals surface area contributed by atoms with Crippen LogP contribution in [0.4, 0.5) is 0 Å². The molecule has 18 heavy (non-hydrogen) atoms. The van der Waals surface area contributed by atoms with Crippen molar-refractivity contribution in [3.63, 3.8) is 0 Å². The summed E-state index contributed by atoms with van der Waals surface area (Å²) in [5, 5.41) is 10.4. The molecule has 0 radical (unpaired) electrons. The van der Waals surface area contributed by atoms with Crippen molar-refractivity contribution in [2.75, 3.05) is 6.54 Å². The third-order valence-electron chi connectivity index (χ3n) is 5.16. The minimum absolute atomic E-state index is 0.110. The summed E-state index contributed by atoms with van der Waals surface area (Å²) in [6, 6.07) is 1.19. The van der Waals surface area contributed by atoms with Gasteiger partial charge < -0.3 is 5.11 Å². The van der Waals surface area contributed by atoms with Crippen molar-refractivity contribution in [3.05, 3.63) is 0 Å². The Labute approximate surface area is 113 Å². The van der Waals surface area contributed by atoms with Crippen LogP contribution in [-0.4, -0.2) is 34.7 Å². The topological polar surface area (TPSA) is 23.5 Å². The van der Waals surface area contributed by atoms with Gasteiger partial charge in [-0.1, -0.05) is 33.1 Å². The highest BCUT2D eigenvalue weighted by Crippen LogP contribution is 2.37. The van der Waals surface area contributed by atoms with E-state index < -0.39 is 0 Å². The molecule has 1 heterocycles. The van der Waals surface area contributed by atoms with E-state index in [0.717, 1.165) is 31.2 Å². The highest BCUT2D eigenvalue weighted by Gasteiger charge is 2.37. The summed E-state index contributed by atoms with van der Waals surface area (Å²) in [6.07, 6.45) is 11.5. The predicted molar refractivity (Wildman–Crippen MR) is 76.7 cm³/mol. The molecule has 0 bridgehead atoms. The zero-order chi connectivity index (χ0) is 13.0. The maximum absolute atomic E-state index is 10.4. The van der Waals surface area contributed by atoms with E-state index in [4.69, 9.17) is 0 Å². The van der Waals surface area contributed by atoms with Crippen LogP contribution in [0.25, 0.3) is 0 Å². The van der Waals surface area contributed by atoms with Crippen molar-refractivity contribution in [2.24, 2.45) is 5.92 Å². The number of hydrogen-bond acceptors (Lipinski definition) is 2. The van der Waals surface area contributed by atoms with Gasteiger partial charge >= 0.3 is 0 Å². The Morgan fingerprint density at radius 2 is 1.83 bits per heavy atom. The minimum Gasteiger partial charge on any atom is -0.391 e. The average Bonchev–Trinajstić information content (AvgIpc) is 2.40. The number of rotatable bonds is 5. The maximum Gasteiger partial charge on any atom is 0.0695 e. The van der Waals surface area contributed by atoms with E-state index >= 15 is 0 Å². The molecular formula is C16H31NO. The van der Waals surface area contributed by atoms with Gasteiger partial charge in [0.15, 0.2) is 0 Å². The first kappa shape index (κ1) is 14.3. The predicted octanol–water partition coefficient (Wildman–Crippen LogP) is 3.58. The first-order valence-electron chi connectivity index (χ1n) is 8.21. The molecule has 0 spiro atoms. The van der Waals surface area contributed by atoms with Gasteiger partial charge in [-0.15, -0.1) is 0 Å². The quantitative estimate of drug-likeness (QED) is 0.809. The number of piperidine rings is 1. The molecule has 1 N–H and O–H groups in total. The van der Waals surface area contributed by atoms with Crippen molar-refractivity contribution in [1.29, 1.82) is 0 Å². The first-order chi connectivity index (χ1) is 8.77. The van der Waals surface area contributed by atoms with Crippen LogP contribution in [0.3, 0.4) is 0 Å². The molecule has 1 aliphatic carbocycles. The molecule has 0 aromatic carbocycles. The Morgan fingerprint density at radius 3 is 2.56 bits per heavy atom. The highest BCUT2D eigenvalue weighted by atomic mass is 16.3. The second-order valence-electron chi connectivity index (χ2n) is 6.32. The molecule has 106 valence electrons. The van der Waals surface area contributed by atoms with Gasteiger partial charge in [0, 0.05) is 12.1 Å². The zero-order valence-electron chi connectivity index (χ0n) is 12.3. The number of nitrogens with zero attached hydrogens (tertiary/aromatic N) is 1. The minimum atomic E-state index is -0.110. The smallest absolute Gasteiger partial charge is 0.0695 e. The summed E-state index contributed by atoms with van der Waals surface area (Å²) >= 11 is 0. The van der Waals surface area contributed by atoms with Gasteiger partial charge in [0.1, 0.15) is 0 Å². The van der Waals surface area contributed by atoms with E-state index in [2.05, 4.69) is 18.7 Å². The second kappa shape index (κ2) is 6.91. The molecule has 2 heteroatoms. The van der Waals surface area contributed by atoms with Crippen molar-refractivity contribution in [2.45, 2.75) is 89.8 Å². The van der Waals surface area contributed by atoms with E-state index in [1.165, 1.54) is 45.1 Å².